The number of hydrogen-bond acceptors (Lipinski definition) is 2. The second kappa shape index (κ2) is 4.91. The minimum absolute atomic E-state index is 0.342. The van der Waals surface area contributed by atoms with Crippen molar-refractivity contribution in [3.8, 4) is 0 Å². The SMILES string of the molecule is CC(C)C[C@@H](O)c1scc(Br)c1Br. The molecule has 0 fully saturated rings. The second-order valence-corrected chi connectivity index (χ2v) is 5.97. The summed E-state index contributed by atoms with van der Waals surface area (Å²) in [4.78, 5) is 1.01. The molecule has 0 aliphatic carbocycles. The Labute approximate surface area is 99.4 Å². The largest absolute Gasteiger partial charge is 0.388 e. The van der Waals surface area contributed by atoms with E-state index < -0.39 is 0 Å². The topological polar surface area (TPSA) is 20.2 Å². The summed E-state index contributed by atoms with van der Waals surface area (Å²) in [5.74, 6) is 0.516. The van der Waals surface area contributed by atoms with Gasteiger partial charge in [-0.2, -0.15) is 0 Å². The highest BCUT2D eigenvalue weighted by molar-refractivity contribution is 9.13. The van der Waals surface area contributed by atoms with Crippen molar-refractivity contribution in [3.63, 3.8) is 0 Å². The second-order valence-electron chi connectivity index (χ2n) is 3.41. The van der Waals surface area contributed by atoms with Crippen LogP contribution in [0.15, 0.2) is 14.3 Å². The average molecular weight is 328 g/mol. The first-order chi connectivity index (χ1) is 6.02. The van der Waals surface area contributed by atoms with E-state index in [-0.39, 0.29) is 6.10 Å². The summed E-state index contributed by atoms with van der Waals surface area (Å²) < 4.78 is 2.01. The molecule has 0 bridgehead atoms. The number of rotatable bonds is 3. The lowest BCUT2D eigenvalue weighted by molar-refractivity contribution is 0.154. The zero-order chi connectivity index (χ0) is 10.0. The predicted molar refractivity (Wildman–Crippen MR) is 64.1 cm³/mol. The molecule has 4 heteroatoms. The number of thiophene rings is 1. The monoisotopic (exact) mass is 326 g/mol. The smallest absolute Gasteiger partial charge is 0.0896 e. The molecule has 1 nitrogen and oxygen atoms in total. The van der Waals surface area contributed by atoms with E-state index in [1.54, 1.807) is 11.3 Å². The first-order valence-electron chi connectivity index (χ1n) is 4.12. The van der Waals surface area contributed by atoms with E-state index in [1.165, 1.54) is 0 Å². The normalized spacial score (nSPS) is 13.7. The van der Waals surface area contributed by atoms with Gasteiger partial charge in [-0.1, -0.05) is 13.8 Å². The van der Waals surface area contributed by atoms with Gasteiger partial charge in [-0.3, -0.25) is 0 Å². The van der Waals surface area contributed by atoms with E-state index in [0.29, 0.717) is 5.92 Å². The highest BCUT2D eigenvalue weighted by Crippen LogP contribution is 2.38. The molecule has 0 radical (unpaired) electrons. The highest BCUT2D eigenvalue weighted by Gasteiger charge is 2.16. The molecule has 0 unspecified atom stereocenters. The molecular weight excluding hydrogens is 316 g/mol. The van der Waals surface area contributed by atoms with Gasteiger partial charge in [0, 0.05) is 19.2 Å². The van der Waals surface area contributed by atoms with Crippen LogP contribution in [-0.4, -0.2) is 5.11 Å². The quantitative estimate of drug-likeness (QED) is 0.874. The Balaban J connectivity index is 2.76. The average Bonchev–Trinajstić information content (AvgIpc) is 2.31. The molecule has 1 N–H and O–H groups in total. The van der Waals surface area contributed by atoms with Crippen molar-refractivity contribution in [1.82, 2.24) is 0 Å². The van der Waals surface area contributed by atoms with Crippen LogP contribution in [0.1, 0.15) is 31.2 Å². The van der Waals surface area contributed by atoms with Crippen LogP contribution in [0, 0.1) is 5.92 Å². The van der Waals surface area contributed by atoms with Crippen molar-refractivity contribution in [2.75, 3.05) is 0 Å². The Morgan fingerprint density at radius 1 is 1.46 bits per heavy atom. The number of halogens is 2. The summed E-state index contributed by atoms with van der Waals surface area (Å²) in [6.45, 7) is 4.22. The van der Waals surface area contributed by atoms with Crippen LogP contribution in [0.4, 0.5) is 0 Å². The first kappa shape index (κ1) is 11.7. The van der Waals surface area contributed by atoms with Gasteiger partial charge < -0.3 is 5.11 Å². The van der Waals surface area contributed by atoms with E-state index in [4.69, 9.17) is 0 Å². The molecule has 0 saturated heterocycles. The van der Waals surface area contributed by atoms with Crippen molar-refractivity contribution >= 4 is 43.2 Å². The maximum Gasteiger partial charge on any atom is 0.0896 e. The van der Waals surface area contributed by atoms with Crippen LogP contribution in [0.5, 0.6) is 0 Å². The summed E-state index contributed by atoms with van der Waals surface area (Å²) in [5.41, 5.74) is 0. The fraction of sp³-hybridized carbons (Fsp3) is 0.556. The Bertz CT molecular complexity index is 283. The van der Waals surface area contributed by atoms with E-state index in [1.807, 2.05) is 5.38 Å². The molecule has 0 aliphatic heterocycles. The van der Waals surface area contributed by atoms with Crippen molar-refractivity contribution in [2.24, 2.45) is 5.92 Å². The van der Waals surface area contributed by atoms with Crippen molar-refractivity contribution in [1.29, 1.82) is 0 Å². The van der Waals surface area contributed by atoms with Crippen LogP contribution in [-0.2, 0) is 0 Å². The molecule has 0 aromatic carbocycles. The van der Waals surface area contributed by atoms with E-state index in [2.05, 4.69) is 45.7 Å². The van der Waals surface area contributed by atoms with Gasteiger partial charge >= 0.3 is 0 Å². The van der Waals surface area contributed by atoms with Gasteiger partial charge in [-0.25, -0.2) is 0 Å². The van der Waals surface area contributed by atoms with Crippen LogP contribution >= 0.6 is 43.2 Å². The van der Waals surface area contributed by atoms with E-state index >= 15 is 0 Å². The summed E-state index contributed by atoms with van der Waals surface area (Å²) in [6.07, 6.45) is 0.469. The molecule has 0 spiro atoms. The molecule has 1 aromatic rings. The molecule has 1 atom stereocenters. The van der Waals surface area contributed by atoms with Gasteiger partial charge in [0.1, 0.15) is 0 Å². The fourth-order valence-corrected chi connectivity index (χ4v) is 3.37. The van der Waals surface area contributed by atoms with Gasteiger partial charge in [0.15, 0.2) is 0 Å². The molecule has 0 amide bonds. The zero-order valence-corrected chi connectivity index (χ0v) is 11.5. The lowest BCUT2D eigenvalue weighted by Crippen LogP contribution is -2.00. The molecule has 1 aromatic heterocycles. The molecule has 74 valence electrons. The van der Waals surface area contributed by atoms with E-state index in [0.717, 1.165) is 20.2 Å². The van der Waals surface area contributed by atoms with Crippen LogP contribution in [0.3, 0.4) is 0 Å². The van der Waals surface area contributed by atoms with Gasteiger partial charge in [0.2, 0.25) is 0 Å². The number of hydrogen-bond donors (Lipinski definition) is 1. The van der Waals surface area contributed by atoms with Crippen LogP contribution in [0.25, 0.3) is 0 Å². The molecular formula is C9H12Br2OS. The summed E-state index contributed by atoms with van der Waals surface area (Å²) in [6, 6.07) is 0. The lowest BCUT2D eigenvalue weighted by Gasteiger charge is -2.11. The Morgan fingerprint density at radius 3 is 2.46 bits per heavy atom. The maximum absolute atomic E-state index is 9.84. The Hall–Kier alpha value is 0.620. The number of aliphatic hydroxyl groups excluding tert-OH is 1. The lowest BCUT2D eigenvalue weighted by atomic mass is 10.1. The molecule has 0 saturated carbocycles. The minimum Gasteiger partial charge on any atom is -0.388 e. The van der Waals surface area contributed by atoms with Crippen LogP contribution in [0.2, 0.25) is 0 Å². The van der Waals surface area contributed by atoms with Crippen LogP contribution < -0.4 is 0 Å². The van der Waals surface area contributed by atoms with Gasteiger partial charge in [-0.05, 0) is 44.2 Å². The third-order valence-corrected chi connectivity index (χ3v) is 5.37. The predicted octanol–water partition coefficient (Wildman–Crippen LogP) is 4.35. The van der Waals surface area contributed by atoms with Gasteiger partial charge in [-0.15, -0.1) is 11.3 Å². The van der Waals surface area contributed by atoms with Crippen molar-refractivity contribution < 1.29 is 5.11 Å². The minimum atomic E-state index is -0.342. The summed E-state index contributed by atoms with van der Waals surface area (Å²) in [7, 11) is 0. The zero-order valence-electron chi connectivity index (χ0n) is 7.55. The fourth-order valence-electron chi connectivity index (χ4n) is 1.11. The van der Waals surface area contributed by atoms with E-state index in [9.17, 15) is 5.11 Å². The van der Waals surface area contributed by atoms with Gasteiger partial charge in [0.05, 0.1) is 6.10 Å². The summed E-state index contributed by atoms with van der Waals surface area (Å²) in [5, 5.41) is 11.8. The van der Waals surface area contributed by atoms with Gasteiger partial charge in [0.25, 0.3) is 0 Å². The highest BCUT2D eigenvalue weighted by atomic mass is 79.9. The molecule has 13 heavy (non-hydrogen) atoms. The standard InChI is InChI=1S/C9H12Br2OS/c1-5(2)3-7(12)9-8(11)6(10)4-13-9/h4-5,7,12H,3H2,1-2H3/t7-/m1/s1. The van der Waals surface area contributed by atoms with Crippen molar-refractivity contribution in [2.45, 2.75) is 26.4 Å². The van der Waals surface area contributed by atoms with Crippen molar-refractivity contribution in [3.05, 3.63) is 19.2 Å². The third kappa shape index (κ3) is 3.05. The maximum atomic E-state index is 9.84. The Morgan fingerprint density at radius 2 is 2.08 bits per heavy atom. The molecule has 1 rings (SSSR count). The molecule has 0 aliphatic rings. The third-order valence-electron chi connectivity index (χ3n) is 1.71. The summed E-state index contributed by atoms with van der Waals surface area (Å²) >= 11 is 8.43. The number of aliphatic hydroxyl groups is 1. The first-order valence-corrected chi connectivity index (χ1v) is 6.59. The molecule has 1 heterocycles. The Kier molecular flexibility index (Phi) is 4.42.